The number of benzene rings is 3. The highest BCUT2D eigenvalue weighted by Crippen LogP contribution is 2.37. The molecule has 0 saturated carbocycles. The zero-order chi connectivity index (χ0) is 22.2. The fraction of sp³-hybridized carbons (Fsp3) is 0.130. The summed E-state index contributed by atoms with van der Waals surface area (Å²) in [5.41, 5.74) is 3.96. The van der Waals surface area contributed by atoms with E-state index >= 15 is 0 Å². The molecule has 0 atom stereocenters. The second-order valence-corrected chi connectivity index (χ2v) is 7.64. The van der Waals surface area contributed by atoms with Crippen molar-refractivity contribution in [2.24, 2.45) is 5.10 Å². The number of nitrogens with one attached hydrogen (secondary N) is 1. The lowest BCUT2D eigenvalue weighted by molar-refractivity contribution is 0.0955. The molecular weight excluding hydrogens is 487 g/mol. The van der Waals surface area contributed by atoms with Gasteiger partial charge in [-0.3, -0.25) is 4.79 Å². The van der Waals surface area contributed by atoms with Crippen LogP contribution in [0.1, 0.15) is 28.4 Å². The first-order valence-corrected chi connectivity index (χ1v) is 10.6. The van der Waals surface area contributed by atoms with Gasteiger partial charge in [0, 0.05) is 16.1 Å². The molecule has 1 amide bonds. The number of ether oxygens (including phenoxy) is 2. The predicted molar refractivity (Wildman–Crippen MR) is 123 cm³/mol. The maximum atomic E-state index is 13.9. The molecule has 3 aromatic carbocycles. The Morgan fingerprint density at radius 3 is 2.71 bits per heavy atom. The number of hydrazone groups is 1. The average Bonchev–Trinajstić information content (AvgIpc) is 2.74. The third kappa shape index (κ3) is 6.29. The van der Waals surface area contributed by atoms with E-state index in [1.807, 2.05) is 6.92 Å². The molecule has 0 bridgehead atoms. The van der Waals surface area contributed by atoms with E-state index in [9.17, 15) is 9.18 Å². The van der Waals surface area contributed by atoms with Gasteiger partial charge in [0.15, 0.2) is 11.5 Å². The molecule has 3 rings (SSSR count). The van der Waals surface area contributed by atoms with Crippen molar-refractivity contribution >= 4 is 39.7 Å². The minimum atomic E-state index is -0.382. The maximum absolute atomic E-state index is 13.9. The highest BCUT2D eigenvalue weighted by atomic mass is 79.9. The standard InChI is InChI=1S/C23H19BrClFN2O3/c1-2-30-21-11-15(13-27-28-23(29)16-7-5-8-18(25)12-16)10-19(24)22(21)31-14-17-6-3-4-9-20(17)26/h3-13H,2,14H2,1H3,(H,28,29)/b27-13-. The van der Waals surface area contributed by atoms with Crippen LogP contribution in [0.4, 0.5) is 4.39 Å². The van der Waals surface area contributed by atoms with E-state index in [1.54, 1.807) is 54.6 Å². The van der Waals surface area contributed by atoms with Crippen molar-refractivity contribution in [2.75, 3.05) is 6.61 Å². The van der Waals surface area contributed by atoms with Gasteiger partial charge in [0.1, 0.15) is 12.4 Å². The van der Waals surface area contributed by atoms with Crippen LogP contribution in [0.2, 0.25) is 5.02 Å². The summed E-state index contributed by atoms with van der Waals surface area (Å²) < 4.78 is 26.0. The van der Waals surface area contributed by atoms with E-state index in [0.717, 1.165) is 0 Å². The quantitative estimate of drug-likeness (QED) is 0.302. The molecule has 0 radical (unpaired) electrons. The Bertz CT molecular complexity index is 1110. The summed E-state index contributed by atoms with van der Waals surface area (Å²) in [6.45, 7) is 2.31. The van der Waals surface area contributed by atoms with Gasteiger partial charge in [0.05, 0.1) is 17.3 Å². The zero-order valence-electron chi connectivity index (χ0n) is 16.6. The lowest BCUT2D eigenvalue weighted by Crippen LogP contribution is -2.17. The first kappa shape index (κ1) is 22.8. The molecule has 8 heteroatoms. The van der Waals surface area contributed by atoms with Crippen molar-refractivity contribution < 1.29 is 18.7 Å². The molecule has 0 aliphatic carbocycles. The van der Waals surface area contributed by atoms with Gasteiger partial charge in [-0.2, -0.15) is 5.10 Å². The number of hydrogen-bond donors (Lipinski definition) is 1. The number of amides is 1. The summed E-state index contributed by atoms with van der Waals surface area (Å²) in [7, 11) is 0. The Hall–Kier alpha value is -2.90. The Kier molecular flexibility index (Phi) is 8.03. The SMILES string of the molecule is CCOc1cc(/C=N\NC(=O)c2cccc(Cl)c2)cc(Br)c1OCc1ccccc1F. The number of carbonyl (C=O) groups excluding carboxylic acids is 1. The van der Waals surface area contributed by atoms with E-state index in [1.165, 1.54) is 12.3 Å². The third-order valence-electron chi connectivity index (χ3n) is 4.13. The molecule has 0 saturated heterocycles. The molecule has 31 heavy (non-hydrogen) atoms. The van der Waals surface area contributed by atoms with Crippen LogP contribution >= 0.6 is 27.5 Å². The van der Waals surface area contributed by atoms with Crippen LogP contribution in [0.15, 0.2) is 70.2 Å². The summed E-state index contributed by atoms with van der Waals surface area (Å²) in [5, 5.41) is 4.46. The van der Waals surface area contributed by atoms with Crippen molar-refractivity contribution in [1.29, 1.82) is 0 Å². The van der Waals surface area contributed by atoms with Gasteiger partial charge in [-0.15, -0.1) is 0 Å². The minimum Gasteiger partial charge on any atom is -0.490 e. The minimum absolute atomic E-state index is 0.0501. The lowest BCUT2D eigenvalue weighted by atomic mass is 10.2. The number of nitrogens with zero attached hydrogens (tertiary/aromatic N) is 1. The van der Waals surface area contributed by atoms with E-state index in [0.29, 0.717) is 44.3 Å². The van der Waals surface area contributed by atoms with Gasteiger partial charge >= 0.3 is 0 Å². The smallest absolute Gasteiger partial charge is 0.271 e. The van der Waals surface area contributed by atoms with E-state index in [-0.39, 0.29) is 18.3 Å². The summed E-state index contributed by atoms with van der Waals surface area (Å²) in [6, 6.07) is 16.5. The Morgan fingerprint density at radius 2 is 1.97 bits per heavy atom. The number of halogens is 3. The van der Waals surface area contributed by atoms with Gasteiger partial charge in [0.2, 0.25) is 0 Å². The van der Waals surface area contributed by atoms with Gasteiger partial charge < -0.3 is 9.47 Å². The molecule has 160 valence electrons. The second kappa shape index (κ2) is 10.9. The molecule has 0 spiro atoms. The van der Waals surface area contributed by atoms with Crippen LogP contribution < -0.4 is 14.9 Å². The Labute approximate surface area is 193 Å². The van der Waals surface area contributed by atoms with Crippen LogP contribution in [0.25, 0.3) is 0 Å². The predicted octanol–water partition coefficient (Wildman–Crippen LogP) is 5.98. The van der Waals surface area contributed by atoms with Crippen LogP contribution in [-0.2, 0) is 6.61 Å². The topological polar surface area (TPSA) is 59.9 Å². The first-order chi connectivity index (χ1) is 15.0. The Balaban J connectivity index is 1.73. The van der Waals surface area contributed by atoms with Gasteiger partial charge in [0.25, 0.3) is 5.91 Å². The van der Waals surface area contributed by atoms with Crippen LogP contribution in [0.5, 0.6) is 11.5 Å². The maximum Gasteiger partial charge on any atom is 0.271 e. The highest BCUT2D eigenvalue weighted by Gasteiger charge is 2.13. The number of hydrogen-bond acceptors (Lipinski definition) is 4. The zero-order valence-corrected chi connectivity index (χ0v) is 18.9. The fourth-order valence-electron chi connectivity index (χ4n) is 2.69. The molecule has 3 aromatic rings. The van der Waals surface area contributed by atoms with Crippen molar-refractivity contribution in [3.05, 3.63) is 92.7 Å². The molecule has 1 N–H and O–H groups in total. The third-order valence-corrected chi connectivity index (χ3v) is 4.95. The molecule has 0 aromatic heterocycles. The normalized spacial score (nSPS) is 10.8. The molecule has 0 aliphatic rings. The molecule has 0 unspecified atom stereocenters. The largest absolute Gasteiger partial charge is 0.490 e. The second-order valence-electron chi connectivity index (χ2n) is 6.35. The molecule has 0 fully saturated rings. The molecule has 0 aliphatic heterocycles. The van der Waals surface area contributed by atoms with Crippen molar-refractivity contribution in [3.63, 3.8) is 0 Å². The fourth-order valence-corrected chi connectivity index (χ4v) is 3.46. The van der Waals surface area contributed by atoms with Crippen molar-refractivity contribution in [3.8, 4) is 11.5 Å². The monoisotopic (exact) mass is 504 g/mol. The first-order valence-electron chi connectivity index (χ1n) is 9.39. The summed E-state index contributed by atoms with van der Waals surface area (Å²) >= 11 is 9.36. The van der Waals surface area contributed by atoms with Gasteiger partial charge in [-0.1, -0.05) is 35.9 Å². The summed E-state index contributed by atoms with van der Waals surface area (Å²) in [6.07, 6.45) is 1.48. The van der Waals surface area contributed by atoms with Gasteiger partial charge in [-0.05, 0) is 64.8 Å². The van der Waals surface area contributed by atoms with E-state index in [2.05, 4.69) is 26.5 Å². The summed E-state index contributed by atoms with van der Waals surface area (Å²) in [4.78, 5) is 12.2. The Morgan fingerprint density at radius 1 is 1.16 bits per heavy atom. The van der Waals surface area contributed by atoms with Crippen LogP contribution in [0, 0.1) is 5.82 Å². The van der Waals surface area contributed by atoms with Crippen molar-refractivity contribution in [1.82, 2.24) is 5.43 Å². The highest BCUT2D eigenvalue weighted by molar-refractivity contribution is 9.10. The molecular formula is C23H19BrClFN2O3. The van der Waals surface area contributed by atoms with E-state index in [4.69, 9.17) is 21.1 Å². The number of carbonyl (C=O) groups is 1. The lowest BCUT2D eigenvalue weighted by Gasteiger charge is -2.15. The average molecular weight is 506 g/mol. The molecule has 5 nitrogen and oxygen atoms in total. The molecule has 0 heterocycles. The van der Waals surface area contributed by atoms with Crippen LogP contribution in [0.3, 0.4) is 0 Å². The van der Waals surface area contributed by atoms with E-state index < -0.39 is 0 Å². The summed E-state index contributed by atoms with van der Waals surface area (Å²) in [5.74, 6) is 0.199. The number of rotatable bonds is 8. The van der Waals surface area contributed by atoms with Crippen LogP contribution in [-0.4, -0.2) is 18.7 Å². The van der Waals surface area contributed by atoms with Gasteiger partial charge in [-0.25, -0.2) is 9.82 Å². The van der Waals surface area contributed by atoms with Crippen molar-refractivity contribution in [2.45, 2.75) is 13.5 Å².